The van der Waals surface area contributed by atoms with E-state index in [9.17, 15) is 9.59 Å². The SMILES string of the molecule is C#CCN(CC(=O)O)C(=O)Nc1ccc(I)c(Br)c1. The van der Waals surface area contributed by atoms with Crippen LogP contribution in [0.3, 0.4) is 0 Å². The molecule has 0 atom stereocenters. The molecular weight excluding hydrogens is 427 g/mol. The fourth-order valence-corrected chi connectivity index (χ4v) is 1.96. The van der Waals surface area contributed by atoms with Gasteiger partial charge in [0.2, 0.25) is 0 Å². The molecule has 1 aromatic carbocycles. The Morgan fingerprint density at radius 1 is 1.53 bits per heavy atom. The van der Waals surface area contributed by atoms with E-state index >= 15 is 0 Å². The van der Waals surface area contributed by atoms with Gasteiger partial charge in [-0.2, -0.15) is 0 Å². The predicted molar refractivity (Wildman–Crippen MR) is 83.9 cm³/mol. The first-order chi connectivity index (χ1) is 8.93. The van der Waals surface area contributed by atoms with Gasteiger partial charge in [-0.25, -0.2) is 4.79 Å². The van der Waals surface area contributed by atoms with Gasteiger partial charge in [0, 0.05) is 13.7 Å². The molecule has 0 aromatic heterocycles. The Morgan fingerprint density at radius 2 is 2.21 bits per heavy atom. The molecule has 0 heterocycles. The van der Waals surface area contributed by atoms with Crippen LogP contribution in [-0.4, -0.2) is 35.1 Å². The lowest BCUT2D eigenvalue weighted by Gasteiger charge is -2.18. The van der Waals surface area contributed by atoms with Crippen LogP contribution < -0.4 is 5.32 Å². The third kappa shape index (κ3) is 5.08. The Bertz CT molecular complexity index is 542. The molecule has 19 heavy (non-hydrogen) atoms. The summed E-state index contributed by atoms with van der Waals surface area (Å²) in [5, 5.41) is 11.3. The summed E-state index contributed by atoms with van der Waals surface area (Å²) < 4.78 is 1.84. The van der Waals surface area contributed by atoms with Gasteiger partial charge in [-0.3, -0.25) is 4.79 Å². The van der Waals surface area contributed by atoms with Crippen LogP contribution in [-0.2, 0) is 4.79 Å². The fourth-order valence-electron chi connectivity index (χ4n) is 1.25. The van der Waals surface area contributed by atoms with Gasteiger partial charge in [0.15, 0.2) is 0 Å². The quantitative estimate of drug-likeness (QED) is 0.563. The number of urea groups is 1. The Hall–Kier alpha value is -1.27. The minimum absolute atomic E-state index is 0.0658. The highest BCUT2D eigenvalue weighted by molar-refractivity contribution is 14.1. The lowest BCUT2D eigenvalue weighted by atomic mass is 10.3. The van der Waals surface area contributed by atoms with Crippen LogP contribution >= 0.6 is 38.5 Å². The summed E-state index contributed by atoms with van der Waals surface area (Å²) in [7, 11) is 0. The zero-order valence-electron chi connectivity index (χ0n) is 9.69. The molecule has 2 amide bonds. The molecule has 0 aliphatic heterocycles. The van der Waals surface area contributed by atoms with E-state index in [0.717, 1.165) is 12.9 Å². The van der Waals surface area contributed by atoms with Crippen LogP contribution in [0.15, 0.2) is 22.7 Å². The molecule has 0 saturated heterocycles. The maximum absolute atomic E-state index is 11.9. The van der Waals surface area contributed by atoms with Crippen LogP contribution in [0.2, 0.25) is 0 Å². The van der Waals surface area contributed by atoms with Gasteiger partial charge in [0.25, 0.3) is 0 Å². The summed E-state index contributed by atoms with van der Waals surface area (Å²) >= 11 is 5.49. The summed E-state index contributed by atoms with van der Waals surface area (Å²) in [6, 6.07) is 4.73. The second-order valence-corrected chi connectivity index (χ2v) is 5.53. The molecular formula is C12H10BrIN2O3. The smallest absolute Gasteiger partial charge is 0.323 e. The van der Waals surface area contributed by atoms with E-state index in [4.69, 9.17) is 11.5 Å². The zero-order valence-corrected chi connectivity index (χ0v) is 13.4. The number of terminal acetylenes is 1. The normalized spacial score (nSPS) is 9.53. The van der Waals surface area contributed by atoms with Crippen LogP contribution in [0.25, 0.3) is 0 Å². The molecule has 0 saturated carbocycles. The Morgan fingerprint density at radius 3 is 2.74 bits per heavy atom. The Labute approximate surface area is 132 Å². The lowest BCUT2D eigenvalue weighted by Crippen LogP contribution is -2.39. The number of carboxylic acid groups (broad SMARTS) is 1. The Balaban J connectivity index is 2.78. The summed E-state index contributed by atoms with van der Waals surface area (Å²) in [5.74, 6) is 1.14. The highest BCUT2D eigenvalue weighted by Crippen LogP contribution is 2.23. The summed E-state index contributed by atoms with van der Waals surface area (Å²) in [6.07, 6.45) is 5.11. The number of nitrogens with one attached hydrogen (secondary N) is 1. The van der Waals surface area contributed by atoms with Crippen molar-refractivity contribution in [3.63, 3.8) is 0 Å². The number of hydrogen-bond donors (Lipinski definition) is 2. The minimum Gasteiger partial charge on any atom is -0.480 e. The molecule has 7 heteroatoms. The number of benzene rings is 1. The number of nitrogens with zero attached hydrogens (tertiary/aromatic N) is 1. The van der Waals surface area contributed by atoms with Gasteiger partial charge in [-0.1, -0.05) is 5.92 Å². The summed E-state index contributed by atoms with van der Waals surface area (Å²) in [5.41, 5.74) is 0.560. The van der Waals surface area contributed by atoms with Crippen molar-refractivity contribution in [1.82, 2.24) is 4.90 Å². The average Bonchev–Trinajstić information content (AvgIpc) is 2.33. The van der Waals surface area contributed by atoms with Gasteiger partial charge in [-0.15, -0.1) is 6.42 Å². The molecule has 5 nitrogen and oxygen atoms in total. The maximum atomic E-state index is 11.9. The molecule has 2 N–H and O–H groups in total. The number of rotatable bonds is 4. The second-order valence-electron chi connectivity index (χ2n) is 3.51. The van der Waals surface area contributed by atoms with Gasteiger partial charge >= 0.3 is 12.0 Å². The van der Waals surface area contributed by atoms with Crippen molar-refractivity contribution in [1.29, 1.82) is 0 Å². The van der Waals surface area contributed by atoms with Crippen LogP contribution in [0.1, 0.15) is 0 Å². The van der Waals surface area contributed by atoms with Crippen molar-refractivity contribution in [2.24, 2.45) is 0 Å². The minimum atomic E-state index is -1.12. The first-order valence-electron chi connectivity index (χ1n) is 5.10. The van der Waals surface area contributed by atoms with Crippen molar-refractivity contribution < 1.29 is 14.7 Å². The van der Waals surface area contributed by atoms with Crippen molar-refractivity contribution in [2.75, 3.05) is 18.4 Å². The standard InChI is InChI=1S/C12H10BrIN2O3/c1-2-5-16(7-11(17)18)12(19)15-8-3-4-10(14)9(13)6-8/h1,3-4,6H,5,7H2,(H,15,19)(H,17,18). The Kier molecular flexibility index (Phi) is 6.11. The van der Waals surface area contributed by atoms with Crippen LogP contribution in [0, 0.1) is 15.9 Å². The summed E-state index contributed by atoms with van der Waals surface area (Å²) in [6.45, 7) is -0.509. The topological polar surface area (TPSA) is 69.6 Å². The number of carboxylic acids is 1. The van der Waals surface area contributed by atoms with Crippen molar-refractivity contribution in [2.45, 2.75) is 0 Å². The third-order valence-electron chi connectivity index (χ3n) is 2.07. The fraction of sp³-hybridized carbons (Fsp3) is 0.167. The largest absolute Gasteiger partial charge is 0.480 e. The number of halogens is 2. The molecule has 0 radical (unpaired) electrons. The molecule has 1 aromatic rings. The summed E-state index contributed by atoms with van der Waals surface area (Å²) in [4.78, 5) is 23.6. The van der Waals surface area contributed by atoms with E-state index in [1.54, 1.807) is 12.1 Å². The van der Waals surface area contributed by atoms with Crippen molar-refractivity contribution in [3.8, 4) is 12.3 Å². The van der Waals surface area contributed by atoms with E-state index < -0.39 is 18.5 Å². The van der Waals surface area contributed by atoms with Crippen molar-refractivity contribution >= 4 is 56.2 Å². The highest BCUT2D eigenvalue weighted by Gasteiger charge is 2.16. The van der Waals surface area contributed by atoms with Crippen LogP contribution in [0.5, 0.6) is 0 Å². The van der Waals surface area contributed by atoms with Gasteiger partial charge in [0.05, 0.1) is 6.54 Å². The first kappa shape index (κ1) is 15.8. The highest BCUT2D eigenvalue weighted by atomic mass is 127. The zero-order chi connectivity index (χ0) is 14.4. The monoisotopic (exact) mass is 436 g/mol. The van der Waals surface area contributed by atoms with Gasteiger partial charge < -0.3 is 15.3 Å². The second kappa shape index (κ2) is 7.35. The van der Waals surface area contributed by atoms with Gasteiger partial charge in [-0.05, 0) is 56.7 Å². The molecule has 0 unspecified atom stereocenters. The maximum Gasteiger partial charge on any atom is 0.323 e. The molecule has 1 rings (SSSR count). The molecule has 0 spiro atoms. The van der Waals surface area contributed by atoms with E-state index in [2.05, 4.69) is 49.8 Å². The van der Waals surface area contributed by atoms with Crippen molar-refractivity contribution in [3.05, 3.63) is 26.2 Å². The predicted octanol–water partition coefficient (Wildman–Crippen LogP) is 2.61. The number of carbonyl (C=O) groups is 2. The lowest BCUT2D eigenvalue weighted by molar-refractivity contribution is -0.137. The van der Waals surface area contributed by atoms with E-state index in [1.807, 2.05) is 6.07 Å². The van der Waals surface area contributed by atoms with E-state index in [1.165, 1.54) is 0 Å². The first-order valence-corrected chi connectivity index (χ1v) is 6.97. The van der Waals surface area contributed by atoms with Gasteiger partial charge in [0.1, 0.15) is 6.54 Å². The molecule has 0 aliphatic carbocycles. The molecule has 0 bridgehead atoms. The molecule has 100 valence electrons. The number of amides is 2. The number of hydrogen-bond acceptors (Lipinski definition) is 2. The van der Waals surface area contributed by atoms with E-state index in [0.29, 0.717) is 5.69 Å². The van der Waals surface area contributed by atoms with Crippen LogP contribution in [0.4, 0.5) is 10.5 Å². The molecule has 0 fully saturated rings. The average molecular weight is 437 g/mol. The number of aliphatic carboxylic acids is 1. The molecule has 0 aliphatic rings. The number of carbonyl (C=O) groups excluding carboxylic acids is 1. The third-order valence-corrected chi connectivity index (χ3v) is 4.40. The number of anilines is 1. The van der Waals surface area contributed by atoms with E-state index in [-0.39, 0.29) is 6.54 Å².